The third kappa shape index (κ3) is 6.17. The van der Waals surface area contributed by atoms with Crippen LogP contribution in [0.3, 0.4) is 0 Å². The average molecular weight is 291 g/mol. The third-order valence-corrected chi connectivity index (χ3v) is 3.78. The van der Waals surface area contributed by atoms with E-state index in [1.807, 2.05) is 38.1 Å². The summed E-state index contributed by atoms with van der Waals surface area (Å²) in [6.45, 7) is 11.5. The van der Waals surface area contributed by atoms with Crippen molar-refractivity contribution in [2.45, 2.75) is 59.2 Å². The molecule has 0 spiro atoms. The van der Waals surface area contributed by atoms with E-state index in [0.29, 0.717) is 12.6 Å². The van der Waals surface area contributed by atoms with Gasteiger partial charge in [0.25, 0.3) is 0 Å². The van der Waals surface area contributed by atoms with E-state index in [-0.39, 0.29) is 11.4 Å². The zero-order chi connectivity index (χ0) is 16.0. The van der Waals surface area contributed by atoms with Gasteiger partial charge < -0.3 is 11.1 Å². The van der Waals surface area contributed by atoms with Crippen LogP contribution in [0.1, 0.15) is 46.6 Å². The molecule has 0 unspecified atom stereocenters. The van der Waals surface area contributed by atoms with E-state index in [0.717, 1.165) is 24.2 Å². The molecule has 0 saturated heterocycles. The molecule has 4 heteroatoms. The number of hydrogen-bond donors (Lipinski definition) is 2. The number of benzene rings is 1. The predicted octanol–water partition coefficient (Wildman–Crippen LogP) is 2.78. The molecule has 21 heavy (non-hydrogen) atoms. The van der Waals surface area contributed by atoms with Crippen molar-refractivity contribution in [2.75, 3.05) is 12.3 Å². The standard InChI is InChI=1S/C17H29N3O/c1-6-17(4,5)19-16(21)12-20(13(2)3)11-14-8-7-9-15(18)10-14/h7-10,13H,6,11-12,18H2,1-5H3,(H,19,21). The maximum absolute atomic E-state index is 12.2. The monoisotopic (exact) mass is 291 g/mol. The molecule has 0 heterocycles. The number of rotatable bonds is 7. The van der Waals surface area contributed by atoms with Crippen molar-refractivity contribution in [3.63, 3.8) is 0 Å². The number of carbonyl (C=O) groups excluding carboxylic acids is 1. The van der Waals surface area contributed by atoms with Crippen LogP contribution in [0.15, 0.2) is 24.3 Å². The first-order valence-electron chi connectivity index (χ1n) is 7.63. The SMILES string of the molecule is CCC(C)(C)NC(=O)CN(Cc1cccc(N)c1)C(C)C. The van der Waals surface area contributed by atoms with Gasteiger partial charge in [-0.15, -0.1) is 0 Å². The maximum Gasteiger partial charge on any atom is 0.234 e. The third-order valence-electron chi connectivity index (χ3n) is 3.78. The molecule has 3 N–H and O–H groups in total. The second-order valence-electron chi connectivity index (χ2n) is 6.53. The Kier molecular flexibility index (Phi) is 6.21. The molecule has 0 aliphatic heterocycles. The van der Waals surface area contributed by atoms with Crippen LogP contribution in [0.5, 0.6) is 0 Å². The van der Waals surface area contributed by atoms with Crippen molar-refractivity contribution in [2.24, 2.45) is 0 Å². The number of nitrogens with zero attached hydrogens (tertiary/aromatic N) is 1. The Balaban J connectivity index is 2.68. The van der Waals surface area contributed by atoms with Gasteiger partial charge in [-0.3, -0.25) is 9.69 Å². The van der Waals surface area contributed by atoms with E-state index in [1.165, 1.54) is 0 Å². The molecule has 0 aliphatic rings. The molecule has 1 rings (SSSR count). The minimum absolute atomic E-state index is 0.0689. The Labute approximate surface area is 128 Å². The van der Waals surface area contributed by atoms with Crippen molar-refractivity contribution in [1.82, 2.24) is 10.2 Å². The number of anilines is 1. The molecule has 0 radical (unpaired) electrons. The van der Waals surface area contributed by atoms with Gasteiger partial charge in [0.15, 0.2) is 0 Å². The van der Waals surface area contributed by atoms with Crippen LogP contribution in [0.4, 0.5) is 5.69 Å². The lowest BCUT2D eigenvalue weighted by molar-refractivity contribution is -0.124. The molecule has 4 nitrogen and oxygen atoms in total. The van der Waals surface area contributed by atoms with Gasteiger partial charge in [-0.05, 0) is 51.8 Å². The summed E-state index contributed by atoms with van der Waals surface area (Å²) < 4.78 is 0. The first-order valence-corrected chi connectivity index (χ1v) is 7.63. The molecule has 0 atom stereocenters. The summed E-state index contributed by atoms with van der Waals surface area (Å²) in [4.78, 5) is 14.4. The van der Waals surface area contributed by atoms with Gasteiger partial charge in [0.1, 0.15) is 0 Å². The quantitative estimate of drug-likeness (QED) is 0.759. The number of nitrogens with one attached hydrogen (secondary N) is 1. The normalized spacial score (nSPS) is 12.0. The molecule has 0 aliphatic carbocycles. The summed E-state index contributed by atoms with van der Waals surface area (Å²) in [5, 5.41) is 3.08. The van der Waals surface area contributed by atoms with Gasteiger partial charge in [0.2, 0.25) is 5.91 Å². The second kappa shape index (κ2) is 7.46. The summed E-state index contributed by atoms with van der Waals surface area (Å²) in [6, 6.07) is 8.12. The van der Waals surface area contributed by atoms with E-state index >= 15 is 0 Å². The number of nitrogens with two attached hydrogens (primary N) is 1. The molecule has 0 bridgehead atoms. The van der Waals surface area contributed by atoms with Crippen LogP contribution in [0.25, 0.3) is 0 Å². The largest absolute Gasteiger partial charge is 0.399 e. The van der Waals surface area contributed by atoms with E-state index in [1.54, 1.807) is 0 Å². The van der Waals surface area contributed by atoms with Crippen LogP contribution >= 0.6 is 0 Å². The van der Waals surface area contributed by atoms with E-state index in [9.17, 15) is 4.79 Å². The fraction of sp³-hybridized carbons (Fsp3) is 0.588. The summed E-state index contributed by atoms with van der Waals surface area (Å²) in [5.41, 5.74) is 7.55. The van der Waals surface area contributed by atoms with Gasteiger partial charge in [0.05, 0.1) is 6.54 Å². The molecule has 1 aromatic rings. The van der Waals surface area contributed by atoms with Crippen molar-refractivity contribution in [3.05, 3.63) is 29.8 Å². The second-order valence-corrected chi connectivity index (χ2v) is 6.53. The number of nitrogen functional groups attached to an aromatic ring is 1. The Morgan fingerprint density at radius 3 is 2.57 bits per heavy atom. The topological polar surface area (TPSA) is 58.4 Å². The highest BCUT2D eigenvalue weighted by molar-refractivity contribution is 5.78. The van der Waals surface area contributed by atoms with E-state index < -0.39 is 0 Å². The fourth-order valence-corrected chi connectivity index (χ4v) is 2.04. The number of hydrogen-bond acceptors (Lipinski definition) is 3. The highest BCUT2D eigenvalue weighted by Gasteiger charge is 2.20. The smallest absolute Gasteiger partial charge is 0.234 e. The van der Waals surface area contributed by atoms with Crippen LogP contribution < -0.4 is 11.1 Å². The highest BCUT2D eigenvalue weighted by atomic mass is 16.2. The summed E-state index contributed by atoms with van der Waals surface area (Å²) in [6.07, 6.45) is 0.912. The number of amides is 1. The first-order chi connectivity index (χ1) is 9.73. The minimum atomic E-state index is -0.156. The maximum atomic E-state index is 12.2. The molecule has 0 saturated carbocycles. The molecular weight excluding hydrogens is 262 g/mol. The predicted molar refractivity (Wildman–Crippen MR) is 88.9 cm³/mol. The Hall–Kier alpha value is -1.55. The van der Waals surface area contributed by atoms with Crippen molar-refractivity contribution in [1.29, 1.82) is 0 Å². The lowest BCUT2D eigenvalue weighted by atomic mass is 10.0. The molecular formula is C17H29N3O. The summed E-state index contributed by atoms with van der Waals surface area (Å²) >= 11 is 0. The van der Waals surface area contributed by atoms with E-state index in [4.69, 9.17) is 5.73 Å². The first kappa shape index (κ1) is 17.5. The van der Waals surface area contributed by atoms with Crippen molar-refractivity contribution >= 4 is 11.6 Å². The van der Waals surface area contributed by atoms with Gasteiger partial charge in [-0.2, -0.15) is 0 Å². The van der Waals surface area contributed by atoms with Crippen molar-refractivity contribution in [3.8, 4) is 0 Å². The van der Waals surface area contributed by atoms with Crippen molar-refractivity contribution < 1.29 is 4.79 Å². The summed E-state index contributed by atoms with van der Waals surface area (Å²) in [5.74, 6) is 0.0689. The Bertz CT molecular complexity index is 469. The Morgan fingerprint density at radius 2 is 2.05 bits per heavy atom. The van der Waals surface area contributed by atoms with Gasteiger partial charge in [-0.1, -0.05) is 19.1 Å². The number of carbonyl (C=O) groups is 1. The minimum Gasteiger partial charge on any atom is -0.399 e. The average Bonchev–Trinajstić information content (AvgIpc) is 2.37. The molecule has 0 fully saturated rings. The van der Waals surface area contributed by atoms with Crippen LogP contribution in [0, 0.1) is 0 Å². The van der Waals surface area contributed by atoms with Crippen LogP contribution in [-0.4, -0.2) is 28.9 Å². The zero-order valence-corrected chi connectivity index (χ0v) is 13.9. The molecule has 1 amide bonds. The lowest BCUT2D eigenvalue weighted by Crippen LogP contribution is -2.48. The molecule has 1 aromatic carbocycles. The lowest BCUT2D eigenvalue weighted by Gasteiger charge is -2.29. The van der Waals surface area contributed by atoms with Crippen LogP contribution in [0.2, 0.25) is 0 Å². The van der Waals surface area contributed by atoms with Gasteiger partial charge >= 0.3 is 0 Å². The van der Waals surface area contributed by atoms with Gasteiger partial charge in [-0.25, -0.2) is 0 Å². The summed E-state index contributed by atoms with van der Waals surface area (Å²) in [7, 11) is 0. The molecule has 0 aromatic heterocycles. The fourth-order valence-electron chi connectivity index (χ4n) is 2.04. The van der Waals surface area contributed by atoms with Crippen LogP contribution in [-0.2, 0) is 11.3 Å². The molecule has 118 valence electrons. The highest BCUT2D eigenvalue weighted by Crippen LogP contribution is 2.12. The van der Waals surface area contributed by atoms with E-state index in [2.05, 4.69) is 31.0 Å². The zero-order valence-electron chi connectivity index (χ0n) is 13.9. The Morgan fingerprint density at radius 1 is 1.38 bits per heavy atom. The van der Waals surface area contributed by atoms with Gasteiger partial charge in [0, 0.05) is 23.8 Å².